The van der Waals surface area contributed by atoms with E-state index >= 15 is 0 Å². The average Bonchev–Trinajstić information content (AvgIpc) is 3.00. The van der Waals surface area contributed by atoms with E-state index in [1.165, 1.54) is 15.0 Å². The van der Waals surface area contributed by atoms with Gasteiger partial charge in [0.25, 0.3) is 0 Å². The fraction of sp³-hybridized carbons (Fsp3) is 0.533. The van der Waals surface area contributed by atoms with Gasteiger partial charge in [-0.2, -0.15) is 5.10 Å². The molecule has 1 unspecified atom stereocenters. The SMILES string of the molecule is CCCNC(Cc1c(Br)c(CC)nn1C)c1csc(Br)c1. The lowest BCUT2D eigenvalue weighted by atomic mass is 10.0. The second-order valence-electron chi connectivity index (χ2n) is 5.08. The molecule has 21 heavy (non-hydrogen) atoms. The van der Waals surface area contributed by atoms with Gasteiger partial charge in [-0.05, 0) is 68.3 Å². The summed E-state index contributed by atoms with van der Waals surface area (Å²) < 4.78 is 4.34. The number of halogens is 2. The van der Waals surface area contributed by atoms with Crippen LogP contribution >= 0.6 is 43.2 Å². The Morgan fingerprint density at radius 1 is 1.38 bits per heavy atom. The number of thiophene rings is 1. The summed E-state index contributed by atoms with van der Waals surface area (Å²) in [6.07, 6.45) is 3.02. The van der Waals surface area contributed by atoms with Crippen molar-refractivity contribution in [2.45, 2.75) is 39.2 Å². The summed E-state index contributed by atoms with van der Waals surface area (Å²) in [4.78, 5) is 0. The van der Waals surface area contributed by atoms with E-state index in [0.717, 1.165) is 36.0 Å². The van der Waals surface area contributed by atoms with E-state index in [1.54, 1.807) is 11.3 Å². The molecule has 0 fully saturated rings. The summed E-state index contributed by atoms with van der Waals surface area (Å²) in [5.74, 6) is 0. The summed E-state index contributed by atoms with van der Waals surface area (Å²) >= 11 is 9.02. The van der Waals surface area contributed by atoms with Gasteiger partial charge in [-0.25, -0.2) is 0 Å². The maximum absolute atomic E-state index is 4.60. The first-order valence-corrected chi connectivity index (χ1v) is 9.70. The Hall–Kier alpha value is -0.170. The van der Waals surface area contributed by atoms with Crippen LogP contribution in [-0.4, -0.2) is 16.3 Å². The lowest BCUT2D eigenvalue weighted by molar-refractivity contribution is 0.512. The van der Waals surface area contributed by atoms with Crippen LogP contribution in [0.2, 0.25) is 0 Å². The van der Waals surface area contributed by atoms with Crippen molar-refractivity contribution in [3.63, 3.8) is 0 Å². The van der Waals surface area contributed by atoms with Crippen molar-refractivity contribution in [1.29, 1.82) is 0 Å². The molecule has 3 nitrogen and oxygen atoms in total. The second-order valence-corrected chi connectivity index (χ2v) is 8.16. The minimum Gasteiger partial charge on any atom is -0.310 e. The quantitative estimate of drug-likeness (QED) is 0.674. The summed E-state index contributed by atoms with van der Waals surface area (Å²) in [5.41, 5.74) is 3.72. The maximum atomic E-state index is 4.60. The largest absolute Gasteiger partial charge is 0.310 e. The number of aromatic nitrogens is 2. The van der Waals surface area contributed by atoms with E-state index in [1.807, 2.05) is 11.7 Å². The molecule has 0 aliphatic heterocycles. The zero-order chi connectivity index (χ0) is 15.4. The van der Waals surface area contributed by atoms with Crippen LogP contribution in [0.3, 0.4) is 0 Å². The van der Waals surface area contributed by atoms with Gasteiger partial charge < -0.3 is 5.32 Å². The zero-order valence-corrected chi connectivity index (χ0v) is 16.6. The molecule has 0 saturated heterocycles. The first-order chi connectivity index (χ1) is 10.1. The summed E-state index contributed by atoms with van der Waals surface area (Å²) in [6, 6.07) is 2.53. The second kappa shape index (κ2) is 7.90. The fourth-order valence-corrected chi connectivity index (χ4v) is 4.38. The van der Waals surface area contributed by atoms with E-state index in [9.17, 15) is 0 Å². The summed E-state index contributed by atoms with van der Waals surface area (Å²) in [7, 11) is 2.03. The average molecular weight is 435 g/mol. The summed E-state index contributed by atoms with van der Waals surface area (Å²) in [5, 5.41) is 10.5. The first kappa shape index (κ1) is 17.2. The normalized spacial score (nSPS) is 12.8. The molecule has 1 N–H and O–H groups in total. The lowest BCUT2D eigenvalue weighted by Gasteiger charge is -2.18. The fourth-order valence-electron chi connectivity index (χ4n) is 2.37. The highest BCUT2D eigenvalue weighted by atomic mass is 79.9. The number of nitrogens with one attached hydrogen (secondary N) is 1. The molecule has 2 heterocycles. The topological polar surface area (TPSA) is 29.9 Å². The van der Waals surface area contributed by atoms with Crippen molar-refractivity contribution < 1.29 is 0 Å². The molecule has 116 valence electrons. The maximum Gasteiger partial charge on any atom is 0.0766 e. The molecule has 2 rings (SSSR count). The van der Waals surface area contributed by atoms with Gasteiger partial charge in [0.05, 0.1) is 19.6 Å². The molecule has 2 aromatic rings. The van der Waals surface area contributed by atoms with Crippen LogP contribution in [0.25, 0.3) is 0 Å². The van der Waals surface area contributed by atoms with Crippen LogP contribution in [0.1, 0.15) is 43.3 Å². The van der Waals surface area contributed by atoms with Gasteiger partial charge in [-0.15, -0.1) is 11.3 Å². The number of hydrogen-bond acceptors (Lipinski definition) is 3. The summed E-state index contributed by atoms with van der Waals surface area (Å²) in [6.45, 7) is 5.36. The third kappa shape index (κ3) is 4.18. The van der Waals surface area contributed by atoms with Crippen molar-refractivity contribution in [1.82, 2.24) is 15.1 Å². The zero-order valence-electron chi connectivity index (χ0n) is 12.6. The molecule has 0 amide bonds. The molecular formula is C15H21Br2N3S. The molecule has 0 bridgehead atoms. The van der Waals surface area contributed by atoms with Crippen molar-refractivity contribution in [2.75, 3.05) is 6.54 Å². The number of rotatable bonds is 7. The minimum absolute atomic E-state index is 0.323. The number of nitrogens with zero attached hydrogens (tertiary/aromatic N) is 2. The van der Waals surface area contributed by atoms with E-state index in [-0.39, 0.29) is 0 Å². The number of hydrogen-bond donors (Lipinski definition) is 1. The van der Waals surface area contributed by atoms with E-state index < -0.39 is 0 Å². The monoisotopic (exact) mass is 433 g/mol. The van der Waals surface area contributed by atoms with Crippen LogP contribution in [0, 0.1) is 0 Å². The van der Waals surface area contributed by atoms with Crippen LogP contribution < -0.4 is 5.32 Å². The van der Waals surface area contributed by atoms with Crippen molar-refractivity contribution in [3.05, 3.63) is 36.7 Å². The van der Waals surface area contributed by atoms with Gasteiger partial charge >= 0.3 is 0 Å². The van der Waals surface area contributed by atoms with Gasteiger partial charge in [-0.3, -0.25) is 4.68 Å². The third-order valence-corrected chi connectivity index (χ3v) is 5.97. The molecule has 0 spiro atoms. The third-order valence-electron chi connectivity index (χ3n) is 3.53. The Morgan fingerprint density at radius 3 is 2.67 bits per heavy atom. The van der Waals surface area contributed by atoms with Crippen LogP contribution in [0.4, 0.5) is 0 Å². The van der Waals surface area contributed by atoms with Gasteiger partial charge in [0.1, 0.15) is 0 Å². The Balaban J connectivity index is 2.24. The molecule has 0 aliphatic carbocycles. The first-order valence-electron chi connectivity index (χ1n) is 7.24. The molecular weight excluding hydrogens is 414 g/mol. The van der Waals surface area contributed by atoms with E-state index in [2.05, 4.69) is 67.6 Å². The molecule has 6 heteroatoms. The number of aryl methyl sites for hydroxylation is 2. The van der Waals surface area contributed by atoms with Gasteiger partial charge in [0.2, 0.25) is 0 Å². The molecule has 0 aromatic carbocycles. The predicted octanol–water partition coefficient (Wildman–Crippen LogP) is 4.85. The lowest BCUT2D eigenvalue weighted by Crippen LogP contribution is -2.24. The highest BCUT2D eigenvalue weighted by Gasteiger charge is 2.19. The molecule has 0 radical (unpaired) electrons. The van der Waals surface area contributed by atoms with Crippen LogP contribution in [0.15, 0.2) is 19.7 Å². The highest BCUT2D eigenvalue weighted by Crippen LogP contribution is 2.30. The van der Waals surface area contributed by atoms with Gasteiger partial charge in [-0.1, -0.05) is 13.8 Å². The highest BCUT2D eigenvalue weighted by molar-refractivity contribution is 9.11. The van der Waals surface area contributed by atoms with Crippen molar-refractivity contribution in [2.24, 2.45) is 7.05 Å². The Labute approximate surface area is 147 Å². The minimum atomic E-state index is 0.323. The standard InChI is InChI=1S/C15H21Br2N3S/c1-4-6-18-12(10-7-14(16)21-9-10)8-13-15(17)11(5-2)19-20(13)3/h7,9,12,18H,4-6,8H2,1-3H3. The van der Waals surface area contributed by atoms with Crippen LogP contribution in [0.5, 0.6) is 0 Å². The smallest absolute Gasteiger partial charge is 0.0766 e. The Bertz CT molecular complexity index is 592. The van der Waals surface area contributed by atoms with E-state index in [4.69, 9.17) is 0 Å². The molecule has 1 atom stereocenters. The molecule has 2 aromatic heterocycles. The predicted molar refractivity (Wildman–Crippen MR) is 97.0 cm³/mol. The molecule has 0 saturated carbocycles. The van der Waals surface area contributed by atoms with Gasteiger partial charge in [0.15, 0.2) is 0 Å². The van der Waals surface area contributed by atoms with Crippen LogP contribution in [-0.2, 0) is 19.9 Å². The Morgan fingerprint density at radius 2 is 2.14 bits per heavy atom. The molecule has 0 aliphatic rings. The van der Waals surface area contributed by atoms with Gasteiger partial charge in [0, 0.05) is 19.5 Å². The van der Waals surface area contributed by atoms with Crippen molar-refractivity contribution in [3.8, 4) is 0 Å². The van der Waals surface area contributed by atoms with E-state index in [0.29, 0.717) is 6.04 Å². The Kier molecular flexibility index (Phi) is 6.47. The van der Waals surface area contributed by atoms with Crippen molar-refractivity contribution >= 4 is 43.2 Å².